The zero-order valence-corrected chi connectivity index (χ0v) is 16.4. The minimum absolute atomic E-state index is 0.0571. The van der Waals surface area contributed by atoms with Crippen molar-refractivity contribution in [1.29, 1.82) is 0 Å². The molecule has 6 heteroatoms. The molecule has 0 fully saturated rings. The number of rotatable bonds is 3. The number of nitrogens with zero attached hydrogens (tertiary/aromatic N) is 3. The van der Waals surface area contributed by atoms with E-state index in [0.29, 0.717) is 5.16 Å². The molecule has 0 radical (unpaired) electrons. The molecule has 1 atom stereocenters. The highest BCUT2D eigenvalue weighted by Crippen LogP contribution is 2.30. The lowest BCUT2D eigenvalue weighted by Gasteiger charge is -2.12. The van der Waals surface area contributed by atoms with Crippen LogP contribution in [0.2, 0.25) is 0 Å². The normalized spacial score (nSPS) is 16.8. The number of imidazole rings is 1. The summed E-state index contributed by atoms with van der Waals surface area (Å²) in [5.41, 5.74) is 10.5. The van der Waals surface area contributed by atoms with E-state index in [1.165, 1.54) is 0 Å². The molecular formula is C21H22N4OS. The standard InChI is InChI=1S/C21H22N4OS/c1-21(2,3)19-11-17(24-26-19)13-4-6-14(7-5-13)18-12-25(20(27)23-18)16-9-8-15(22)10-16/h4-12,15H,22H2,1-3H3,(H,23,27). The van der Waals surface area contributed by atoms with Gasteiger partial charge in [-0.15, -0.1) is 12.6 Å². The highest BCUT2D eigenvalue weighted by molar-refractivity contribution is 7.80. The van der Waals surface area contributed by atoms with E-state index in [4.69, 9.17) is 10.3 Å². The number of hydrogen-bond acceptors (Lipinski definition) is 5. The lowest BCUT2D eigenvalue weighted by atomic mass is 9.93. The number of allylic oxidation sites excluding steroid dienone is 2. The average molecular weight is 379 g/mol. The first-order valence-electron chi connectivity index (χ1n) is 8.83. The molecule has 0 amide bonds. The van der Waals surface area contributed by atoms with Crippen LogP contribution >= 0.6 is 12.6 Å². The van der Waals surface area contributed by atoms with Gasteiger partial charge in [0.25, 0.3) is 0 Å². The van der Waals surface area contributed by atoms with Gasteiger partial charge in [-0.2, -0.15) is 0 Å². The first-order chi connectivity index (χ1) is 12.8. The Morgan fingerprint density at radius 2 is 1.78 bits per heavy atom. The molecular weight excluding hydrogens is 356 g/mol. The number of thiol groups is 1. The molecule has 1 aliphatic rings. The van der Waals surface area contributed by atoms with Crippen LogP contribution < -0.4 is 5.73 Å². The van der Waals surface area contributed by atoms with Gasteiger partial charge in [0.1, 0.15) is 11.5 Å². The van der Waals surface area contributed by atoms with Gasteiger partial charge in [-0.1, -0.05) is 56.3 Å². The lowest BCUT2D eigenvalue weighted by molar-refractivity contribution is 0.330. The fourth-order valence-electron chi connectivity index (χ4n) is 2.95. The maximum absolute atomic E-state index is 5.90. The molecule has 0 saturated heterocycles. The largest absolute Gasteiger partial charge is 0.360 e. The molecule has 0 saturated carbocycles. The van der Waals surface area contributed by atoms with Gasteiger partial charge in [0.05, 0.1) is 5.69 Å². The highest BCUT2D eigenvalue weighted by atomic mass is 32.1. The number of aromatic nitrogens is 3. The van der Waals surface area contributed by atoms with Gasteiger partial charge in [0.15, 0.2) is 5.16 Å². The van der Waals surface area contributed by atoms with Gasteiger partial charge in [0, 0.05) is 40.5 Å². The highest BCUT2D eigenvalue weighted by Gasteiger charge is 2.20. The molecule has 2 aromatic heterocycles. The quantitative estimate of drug-likeness (QED) is 0.657. The van der Waals surface area contributed by atoms with Crippen LogP contribution in [0.3, 0.4) is 0 Å². The van der Waals surface area contributed by atoms with E-state index in [2.05, 4.69) is 43.5 Å². The summed E-state index contributed by atoms with van der Waals surface area (Å²) in [7, 11) is 0. The third kappa shape index (κ3) is 3.50. The zero-order valence-electron chi connectivity index (χ0n) is 15.5. The van der Waals surface area contributed by atoms with Crippen molar-refractivity contribution in [2.45, 2.75) is 37.4 Å². The van der Waals surface area contributed by atoms with Crippen LogP contribution in [0.5, 0.6) is 0 Å². The first kappa shape index (κ1) is 17.8. The molecule has 1 aliphatic carbocycles. The van der Waals surface area contributed by atoms with Crippen molar-refractivity contribution in [3.05, 3.63) is 60.5 Å². The van der Waals surface area contributed by atoms with Crippen LogP contribution in [0.1, 0.15) is 26.5 Å². The number of benzene rings is 1. The third-order valence-electron chi connectivity index (χ3n) is 4.54. The summed E-state index contributed by atoms with van der Waals surface area (Å²) >= 11 is 4.49. The fraction of sp³-hybridized carbons (Fsp3) is 0.238. The molecule has 2 heterocycles. The van der Waals surface area contributed by atoms with Crippen molar-refractivity contribution >= 4 is 18.3 Å². The van der Waals surface area contributed by atoms with Crippen LogP contribution in [-0.4, -0.2) is 20.7 Å². The number of nitrogens with two attached hydrogens (primary N) is 1. The van der Waals surface area contributed by atoms with Crippen molar-refractivity contribution in [3.8, 4) is 22.5 Å². The Kier molecular flexibility index (Phi) is 4.32. The van der Waals surface area contributed by atoms with Crippen molar-refractivity contribution in [2.24, 2.45) is 5.73 Å². The van der Waals surface area contributed by atoms with Crippen LogP contribution in [0, 0.1) is 0 Å². The average Bonchev–Trinajstić information content (AvgIpc) is 3.34. The monoisotopic (exact) mass is 378 g/mol. The minimum atomic E-state index is -0.0626. The lowest BCUT2D eigenvalue weighted by Crippen LogP contribution is -2.10. The van der Waals surface area contributed by atoms with Crippen molar-refractivity contribution in [1.82, 2.24) is 14.7 Å². The predicted molar refractivity (Wildman–Crippen MR) is 111 cm³/mol. The molecule has 0 spiro atoms. The van der Waals surface area contributed by atoms with Gasteiger partial charge >= 0.3 is 0 Å². The topological polar surface area (TPSA) is 69.9 Å². The van der Waals surface area contributed by atoms with Gasteiger partial charge in [-0.3, -0.25) is 4.57 Å². The molecule has 2 N–H and O–H groups in total. The summed E-state index contributed by atoms with van der Waals surface area (Å²) in [6.07, 6.45) is 7.88. The minimum Gasteiger partial charge on any atom is -0.360 e. The Labute approximate surface area is 164 Å². The molecule has 0 aliphatic heterocycles. The van der Waals surface area contributed by atoms with E-state index in [-0.39, 0.29) is 11.5 Å². The first-order valence-corrected chi connectivity index (χ1v) is 9.28. The Morgan fingerprint density at radius 3 is 2.33 bits per heavy atom. The summed E-state index contributed by atoms with van der Waals surface area (Å²) in [6, 6.07) is 10.1. The van der Waals surface area contributed by atoms with E-state index in [9.17, 15) is 0 Å². The second-order valence-corrected chi connectivity index (χ2v) is 8.13. The zero-order chi connectivity index (χ0) is 19.2. The maximum Gasteiger partial charge on any atom is 0.170 e. The van der Waals surface area contributed by atoms with Crippen LogP contribution in [0.15, 0.2) is 64.4 Å². The van der Waals surface area contributed by atoms with Gasteiger partial charge in [-0.05, 0) is 12.2 Å². The Hall–Kier alpha value is -2.57. The Morgan fingerprint density at radius 1 is 1.11 bits per heavy atom. The fourth-order valence-corrected chi connectivity index (χ4v) is 3.24. The predicted octanol–water partition coefficient (Wildman–Crippen LogP) is 4.53. The molecule has 0 bridgehead atoms. The summed E-state index contributed by atoms with van der Waals surface area (Å²) in [5, 5.41) is 4.83. The van der Waals surface area contributed by atoms with E-state index in [1.54, 1.807) is 0 Å². The molecule has 1 aromatic carbocycles. The van der Waals surface area contributed by atoms with Crippen molar-refractivity contribution in [2.75, 3.05) is 0 Å². The van der Waals surface area contributed by atoms with E-state index < -0.39 is 0 Å². The molecule has 27 heavy (non-hydrogen) atoms. The van der Waals surface area contributed by atoms with E-state index in [0.717, 1.165) is 34.0 Å². The van der Waals surface area contributed by atoms with Gasteiger partial charge in [-0.25, -0.2) is 4.98 Å². The van der Waals surface area contributed by atoms with Crippen LogP contribution in [0.4, 0.5) is 0 Å². The Balaban J connectivity index is 1.61. The summed E-state index contributed by atoms with van der Waals surface area (Å²) < 4.78 is 7.42. The van der Waals surface area contributed by atoms with Gasteiger partial charge < -0.3 is 10.3 Å². The molecule has 4 rings (SSSR count). The molecule has 3 aromatic rings. The smallest absolute Gasteiger partial charge is 0.170 e. The van der Waals surface area contributed by atoms with Crippen LogP contribution in [0.25, 0.3) is 28.2 Å². The second-order valence-electron chi connectivity index (χ2n) is 7.73. The molecule has 138 valence electrons. The van der Waals surface area contributed by atoms with E-state index in [1.807, 2.05) is 59.3 Å². The summed E-state index contributed by atoms with van der Waals surface area (Å²) in [6.45, 7) is 6.31. The number of hydrogen-bond donors (Lipinski definition) is 2. The van der Waals surface area contributed by atoms with Gasteiger partial charge in [0.2, 0.25) is 0 Å². The van der Waals surface area contributed by atoms with Crippen molar-refractivity contribution < 1.29 is 4.52 Å². The maximum atomic E-state index is 5.90. The summed E-state index contributed by atoms with van der Waals surface area (Å²) in [4.78, 5) is 4.57. The third-order valence-corrected chi connectivity index (χ3v) is 4.86. The Bertz CT molecular complexity index is 1040. The van der Waals surface area contributed by atoms with E-state index >= 15 is 0 Å². The second kappa shape index (κ2) is 6.55. The molecule has 1 unspecified atom stereocenters. The molecule has 5 nitrogen and oxygen atoms in total. The van der Waals surface area contributed by atoms with Crippen molar-refractivity contribution in [3.63, 3.8) is 0 Å². The summed E-state index contributed by atoms with van der Waals surface area (Å²) in [5.74, 6) is 0.871. The van der Waals surface area contributed by atoms with Crippen LogP contribution in [-0.2, 0) is 5.41 Å². The SMILES string of the molecule is CC(C)(C)c1cc(-c2ccc(-c3cn(C4=CC(N)C=C4)c(S)n3)cc2)no1.